The summed E-state index contributed by atoms with van der Waals surface area (Å²) in [4.78, 5) is 17.4. The smallest absolute Gasteiger partial charge is 0.263 e. The molecule has 9 nitrogen and oxygen atoms in total. The van der Waals surface area contributed by atoms with Crippen LogP contribution in [-0.2, 0) is 21.4 Å². The van der Waals surface area contributed by atoms with Crippen LogP contribution in [0.4, 0.5) is 5.69 Å². The number of sulfonamides is 1. The molecular weight excluding hydrogens is 446 g/mol. The SMILES string of the molecule is CS(=O)(=O)N1CCC(C(=O)N2CCN(Cc3ccc4c(c3)OCO4)CC2)Oc2ccccc21. The van der Waals surface area contributed by atoms with Gasteiger partial charge in [0.2, 0.25) is 16.8 Å². The number of rotatable bonds is 4. The fourth-order valence-electron chi connectivity index (χ4n) is 4.48. The molecule has 0 aliphatic carbocycles. The third-order valence-corrected chi connectivity index (χ3v) is 7.38. The van der Waals surface area contributed by atoms with Crippen molar-refractivity contribution in [3.8, 4) is 17.2 Å². The standard InChI is InChI=1S/C23H27N3O6S/c1-33(28,29)26-9-8-21(32-19-5-3-2-4-18(19)26)23(27)25-12-10-24(11-13-25)15-17-6-7-20-22(14-17)31-16-30-20/h2-7,14,21H,8-13,15-16H2,1H3. The van der Waals surface area contributed by atoms with E-state index in [1.807, 2.05) is 23.1 Å². The van der Waals surface area contributed by atoms with Crippen molar-refractivity contribution in [2.75, 3.05) is 50.1 Å². The molecule has 0 radical (unpaired) electrons. The number of amides is 1. The van der Waals surface area contributed by atoms with Gasteiger partial charge in [0.15, 0.2) is 17.6 Å². The van der Waals surface area contributed by atoms with Crippen molar-refractivity contribution in [1.29, 1.82) is 0 Å². The van der Waals surface area contributed by atoms with E-state index < -0.39 is 16.1 Å². The molecule has 2 aromatic rings. The molecule has 33 heavy (non-hydrogen) atoms. The molecule has 2 aromatic carbocycles. The highest BCUT2D eigenvalue weighted by molar-refractivity contribution is 7.92. The van der Waals surface area contributed by atoms with E-state index in [0.717, 1.165) is 36.7 Å². The minimum atomic E-state index is -3.47. The molecule has 0 saturated carbocycles. The van der Waals surface area contributed by atoms with Crippen LogP contribution < -0.4 is 18.5 Å². The van der Waals surface area contributed by atoms with Crippen molar-refractivity contribution in [1.82, 2.24) is 9.80 Å². The van der Waals surface area contributed by atoms with Crippen LogP contribution in [0.2, 0.25) is 0 Å². The first-order valence-electron chi connectivity index (χ1n) is 11.0. The Kier molecular flexibility index (Phi) is 5.79. The van der Waals surface area contributed by atoms with E-state index in [9.17, 15) is 13.2 Å². The highest BCUT2D eigenvalue weighted by atomic mass is 32.2. The van der Waals surface area contributed by atoms with Crippen molar-refractivity contribution in [3.05, 3.63) is 48.0 Å². The Morgan fingerprint density at radius 2 is 1.73 bits per heavy atom. The van der Waals surface area contributed by atoms with Gasteiger partial charge in [-0.1, -0.05) is 18.2 Å². The number of carbonyl (C=O) groups excluding carboxylic acids is 1. The summed E-state index contributed by atoms with van der Waals surface area (Å²) in [5.74, 6) is 1.87. The Labute approximate surface area is 193 Å². The number of fused-ring (bicyclic) bond motifs is 2. The topological polar surface area (TPSA) is 88.6 Å². The highest BCUT2D eigenvalue weighted by Crippen LogP contribution is 2.35. The van der Waals surface area contributed by atoms with E-state index in [0.29, 0.717) is 30.9 Å². The van der Waals surface area contributed by atoms with Crippen LogP contribution in [0.25, 0.3) is 0 Å². The van der Waals surface area contributed by atoms with Gasteiger partial charge in [0.1, 0.15) is 5.75 Å². The zero-order valence-corrected chi connectivity index (χ0v) is 19.3. The average Bonchev–Trinajstić information content (AvgIpc) is 3.17. The van der Waals surface area contributed by atoms with Gasteiger partial charge in [-0.05, 0) is 29.8 Å². The quantitative estimate of drug-likeness (QED) is 0.668. The van der Waals surface area contributed by atoms with Crippen LogP contribution in [-0.4, -0.2) is 76.0 Å². The molecule has 0 spiro atoms. The Morgan fingerprint density at radius 3 is 2.52 bits per heavy atom. The van der Waals surface area contributed by atoms with Crippen molar-refractivity contribution < 1.29 is 27.4 Å². The van der Waals surface area contributed by atoms with Gasteiger partial charge in [-0.25, -0.2) is 8.42 Å². The lowest BCUT2D eigenvalue weighted by molar-refractivity contribution is -0.140. The number of ether oxygens (including phenoxy) is 3. The predicted octanol–water partition coefficient (Wildman–Crippen LogP) is 1.68. The number of para-hydroxylation sites is 2. The van der Waals surface area contributed by atoms with E-state index in [1.165, 1.54) is 10.6 Å². The zero-order chi connectivity index (χ0) is 23.0. The fraction of sp³-hybridized carbons (Fsp3) is 0.435. The molecule has 3 aliphatic rings. The van der Waals surface area contributed by atoms with Crippen molar-refractivity contribution >= 4 is 21.6 Å². The summed E-state index contributed by atoms with van der Waals surface area (Å²) in [6.07, 6.45) is 0.766. The number of nitrogens with zero attached hydrogens (tertiary/aromatic N) is 3. The predicted molar refractivity (Wildman–Crippen MR) is 122 cm³/mol. The molecule has 3 aliphatic heterocycles. The van der Waals surface area contributed by atoms with Gasteiger partial charge in [-0.2, -0.15) is 0 Å². The van der Waals surface area contributed by atoms with Crippen LogP contribution in [0.15, 0.2) is 42.5 Å². The Morgan fingerprint density at radius 1 is 0.970 bits per heavy atom. The first-order valence-corrected chi connectivity index (χ1v) is 12.9. The Balaban J connectivity index is 1.21. The largest absolute Gasteiger partial charge is 0.478 e. The Hall–Kier alpha value is -2.98. The number of hydrogen-bond acceptors (Lipinski definition) is 7. The van der Waals surface area contributed by atoms with E-state index in [2.05, 4.69) is 4.90 Å². The fourth-order valence-corrected chi connectivity index (χ4v) is 5.42. The monoisotopic (exact) mass is 473 g/mol. The second kappa shape index (κ2) is 8.75. The molecule has 0 N–H and O–H groups in total. The molecule has 3 heterocycles. The van der Waals surface area contributed by atoms with E-state index in [-0.39, 0.29) is 19.2 Å². The first kappa shape index (κ1) is 21.8. The number of hydrogen-bond donors (Lipinski definition) is 0. The van der Waals surface area contributed by atoms with Gasteiger partial charge in [-0.15, -0.1) is 0 Å². The number of anilines is 1. The van der Waals surface area contributed by atoms with Crippen molar-refractivity contribution in [2.24, 2.45) is 0 Å². The summed E-state index contributed by atoms with van der Waals surface area (Å²) < 4.78 is 42.7. The third kappa shape index (κ3) is 4.58. The lowest BCUT2D eigenvalue weighted by Gasteiger charge is -2.36. The summed E-state index contributed by atoms with van der Waals surface area (Å²) in [6.45, 7) is 3.93. The second-order valence-corrected chi connectivity index (χ2v) is 10.4. The van der Waals surface area contributed by atoms with Crippen LogP contribution in [0.5, 0.6) is 17.2 Å². The van der Waals surface area contributed by atoms with Gasteiger partial charge >= 0.3 is 0 Å². The molecule has 5 rings (SSSR count). The lowest BCUT2D eigenvalue weighted by atomic mass is 10.1. The first-order chi connectivity index (χ1) is 15.9. The molecule has 1 unspecified atom stereocenters. The van der Waals surface area contributed by atoms with Crippen molar-refractivity contribution in [3.63, 3.8) is 0 Å². The maximum atomic E-state index is 13.2. The number of carbonyl (C=O) groups is 1. The average molecular weight is 474 g/mol. The van der Waals surface area contributed by atoms with Gasteiger partial charge in [0.25, 0.3) is 5.91 Å². The minimum absolute atomic E-state index is 0.0946. The summed E-state index contributed by atoms with van der Waals surface area (Å²) in [5.41, 5.74) is 1.62. The van der Waals surface area contributed by atoms with Crippen LogP contribution in [0, 0.1) is 0 Å². The lowest BCUT2D eigenvalue weighted by Crippen LogP contribution is -2.52. The second-order valence-electron chi connectivity index (χ2n) is 8.49. The normalized spacial score (nSPS) is 20.7. The van der Waals surface area contributed by atoms with Crippen molar-refractivity contribution in [2.45, 2.75) is 19.1 Å². The van der Waals surface area contributed by atoms with E-state index in [1.54, 1.807) is 24.3 Å². The molecule has 176 valence electrons. The Bertz CT molecular complexity index is 1150. The molecule has 1 saturated heterocycles. The van der Waals surface area contributed by atoms with Gasteiger partial charge in [0.05, 0.1) is 11.9 Å². The summed E-state index contributed by atoms with van der Waals surface area (Å²) >= 11 is 0. The number of piperazine rings is 1. The molecule has 10 heteroatoms. The van der Waals surface area contributed by atoms with Crippen LogP contribution in [0.3, 0.4) is 0 Å². The zero-order valence-electron chi connectivity index (χ0n) is 18.5. The van der Waals surface area contributed by atoms with E-state index >= 15 is 0 Å². The van der Waals surface area contributed by atoms with Gasteiger partial charge in [-0.3, -0.25) is 14.0 Å². The van der Waals surface area contributed by atoms with Gasteiger partial charge in [0, 0.05) is 45.7 Å². The van der Waals surface area contributed by atoms with Crippen LogP contribution >= 0.6 is 0 Å². The maximum absolute atomic E-state index is 13.2. The van der Waals surface area contributed by atoms with E-state index in [4.69, 9.17) is 14.2 Å². The van der Waals surface area contributed by atoms with Gasteiger partial charge < -0.3 is 19.1 Å². The maximum Gasteiger partial charge on any atom is 0.263 e. The molecular formula is C23H27N3O6S. The highest BCUT2D eigenvalue weighted by Gasteiger charge is 2.34. The summed E-state index contributed by atoms with van der Waals surface area (Å²) in [6, 6.07) is 12.9. The molecule has 1 atom stereocenters. The molecule has 0 bridgehead atoms. The number of benzene rings is 2. The molecule has 1 fully saturated rings. The summed E-state index contributed by atoms with van der Waals surface area (Å²) in [7, 11) is -3.47. The summed E-state index contributed by atoms with van der Waals surface area (Å²) in [5, 5.41) is 0. The minimum Gasteiger partial charge on any atom is -0.478 e. The molecule has 1 amide bonds. The van der Waals surface area contributed by atoms with Crippen LogP contribution in [0.1, 0.15) is 12.0 Å². The third-order valence-electron chi connectivity index (χ3n) is 6.20. The molecule has 0 aromatic heterocycles.